The van der Waals surface area contributed by atoms with Gasteiger partial charge in [-0.15, -0.1) is 0 Å². The summed E-state index contributed by atoms with van der Waals surface area (Å²) in [6.45, 7) is 0.561. The Balaban J connectivity index is 1.61. The van der Waals surface area contributed by atoms with E-state index >= 15 is 0 Å². The topological polar surface area (TPSA) is 49.4 Å². The quantitative estimate of drug-likeness (QED) is 0.639. The second kappa shape index (κ2) is 8.64. The maximum absolute atomic E-state index is 13.8. The molecule has 0 unspecified atom stereocenters. The maximum Gasteiger partial charge on any atom is 0.256 e. The van der Waals surface area contributed by atoms with E-state index in [0.29, 0.717) is 24.6 Å². The number of likely N-dealkylation sites (tertiary alicyclic amines) is 1. The van der Waals surface area contributed by atoms with E-state index in [0.717, 1.165) is 12.1 Å². The van der Waals surface area contributed by atoms with Crippen LogP contribution in [0, 0.1) is 17.6 Å². The summed E-state index contributed by atoms with van der Waals surface area (Å²) in [5.41, 5.74) is 0.167. The smallest absolute Gasteiger partial charge is 0.256 e. The van der Waals surface area contributed by atoms with Gasteiger partial charge in [0.25, 0.3) is 5.91 Å². The second-order valence-corrected chi connectivity index (χ2v) is 7.65. The number of amides is 2. The molecule has 3 rings (SSSR count). The first-order valence-electron chi connectivity index (χ1n) is 8.46. The summed E-state index contributed by atoms with van der Waals surface area (Å²) < 4.78 is 26.8. The Hall–Kier alpha value is -1.89. The fourth-order valence-corrected chi connectivity index (χ4v) is 3.63. The fourth-order valence-electron chi connectivity index (χ4n) is 3.03. The van der Waals surface area contributed by atoms with Crippen molar-refractivity contribution in [1.29, 1.82) is 0 Å². The van der Waals surface area contributed by atoms with E-state index in [2.05, 4.69) is 5.32 Å². The van der Waals surface area contributed by atoms with Gasteiger partial charge in [0.15, 0.2) is 0 Å². The lowest BCUT2D eigenvalue weighted by Crippen LogP contribution is -2.41. The van der Waals surface area contributed by atoms with Crippen molar-refractivity contribution in [2.45, 2.75) is 12.8 Å². The molecule has 0 atom stereocenters. The Labute approximate surface area is 175 Å². The zero-order valence-electron chi connectivity index (χ0n) is 14.4. The van der Waals surface area contributed by atoms with Gasteiger partial charge in [-0.05, 0) is 37.1 Å². The molecular weight excluding hydrogens is 433 g/mol. The van der Waals surface area contributed by atoms with E-state index in [4.69, 9.17) is 34.8 Å². The number of rotatable bonds is 3. The van der Waals surface area contributed by atoms with Gasteiger partial charge >= 0.3 is 0 Å². The molecule has 4 nitrogen and oxygen atoms in total. The van der Waals surface area contributed by atoms with Crippen LogP contribution in [0.15, 0.2) is 30.3 Å². The van der Waals surface area contributed by atoms with E-state index in [1.807, 2.05) is 0 Å². The first-order chi connectivity index (χ1) is 13.3. The standard InChI is InChI=1S/C19H15Cl3F2N2O2/c20-13-8-15(22)17(9-14(13)21)25-18(27)10-3-5-26(6-4-10)19(28)12-2-1-11(23)7-16(12)24/h1-2,7-10H,3-6H2,(H,25,27). The number of hydrogen-bond donors (Lipinski definition) is 1. The summed E-state index contributed by atoms with van der Waals surface area (Å²) in [7, 11) is 0. The van der Waals surface area contributed by atoms with Gasteiger partial charge in [0, 0.05) is 25.1 Å². The number of carbonyl (C=O) groups excluding carboxylic acids is 2. The van der Waals surface area contributed by atoms with Crippen LogP contribution in [0.5, 0.6) is 0 Å². The number of nitrogens with zero attached hydrogens (tertiary/aromatic N) is 1. The molecule has 2 aromatic rings. The molecule has 9 heteroatoms. The fraction of sp³-hybridized carbons (Fsp3) is 0.263. The molecule has 148 valence electrons. The van der Waals surface area contributed by atoms with Crippen molar-refractivity contribution in [2.75, 3.05) is 18.4 Å². The minimum Gasteiger partial charge on any atom is -0.339 e. The largest absolute Gasteiger partial charge is 0.339 e. The molecule has 1 aliphatic rings. The van der Waals surface area contributed by atoms with Crippen molar-refractivity contribution in [3.05, 3.63) is 62.6 Å². The van der Waals surface area contributed by atoms with Gasteiger partial charge in [-0.2, -0.15) is 0 Å². The molecule has 2 amide bonds. The van der Waals surface area contributed by atoms with Crippen molar-refractivity contribution in [1.82, 2.24) is 4.90 Å². The van der Waals surface area contributed by atoms with Gasteiger partial charge < -0.3 is 10.2 Å². The van der Waals surface area contributed by atoms with Crippen molar-refractivity contribution in [2.24, 2.45) is 5.92 Å². The molecule has 0 spiro atoms. The Morgan fingerprint density at radius 2 is 1.61 bits per heavy atom. The SMILES string of the molecule is O=C(Nc1cc(Cl)c(Cl)cc1Cl)C1CCN(C(=O)c2ccc(F)cc2F)CC1. The van der Waals surface area contributed by atoms with Gasteiger partial charge in [-0.25, -0.2) is 8.78 Å². The third kappa shape index (κ3) is 4.57. The minimum absolute atomic E-state index is 0.188. The Morgan fingerprint density at radius 1 is 0.964 bits per heavy atom. The summed E-state index contributed by atoms with van der Waals surface area (Å²) in [4.78, 5) is 26.4. The van der Waals surface area contributed by atoms with Crippen LogP contribution in [0.4, 0.5) is 14.5 Å². The Morgan fingerprint density at radius 3 is 2.25 bits per heavy atom. The predicted octanol–water partition coefficient (Wildman–Crippen LogP) is 5.42. The summed E-state index contributed by atoms with van der Waals surface area (Å²) >= 11 is 17.9. The minimum atomic E-state index is -0.904. The second-order valence-electron chi connectivity index (χ2n) is 6.43. The molecule has 1 aliphatic heterocycles. The highest BCUT2D eigenvalue weighted by Gasteiger charge is 2.29. The summed E-state index contributed by atoms with van der Waals surface area (Å²) in [5, 5.41) is 3.53. The van der Waals surface area contributed by atoms with E-state index in [1.165, 1.54) is 17.0 Å². The van der Waals surface area contributed by atoms with E-state index in [1.54, 1.807) is 0 Å². The van der Waals surface area contributed by atoms with E-state index < -0.39 is 17.5 Å². The number of nitrogens with one attached hydrogen (secondary N) is 1. The predicted molar refractivity (Wildman–Crippen MR) is 105 cm³/mol. The van der Waals surface area contributed by atoms with Crippen molar-refractivity contribution in [3.8, 4) is 0 Å². The number of hydrogen-bond acceptors (Lipinski definition) is 2. The molecule has 1 N–H and O–H groups in total. The van der Waals surface area contributed by atoms with Gasteiger partial charge in [0.2, 0.25) is 5.91 Å². The van der Waals surface area contributed by atoms with Crippen LogP contribution in [0.2, 0.25) is 15.1 Å². The molecule has 0 saturated carbocycles. The molecule has 2 aromatic carbocycles. The van der Waals surface area contributed by atoms with Crippen LogP contribution >= 0.6 is 34.8 Å². The van der Waals surface area contributed by atoms with Crippen LogP contribution in [0.1, 0.15) is 23.2 Å². The van der Waals surface area contributed by atoms with Crippen LogP contribution in [-0.4, -0.2) is 29.8 Å². The highest BCUT2D eigenvalue weighted by molar-refractivity contribution is 6.44. The molecule has 1 fully saturated rings. The number of carbonyl (C=O) groups is 2. The van der Waals surface area contributed by atoms with Crippen LogP contribution in [0.3, 0.4) is 0 Å². The first kappa shape index (κ1) is 20.8. The number of piperidine rings is 1. The first-order valence-corrected chi connectivity index (χ1v) is 9.59. The van der Waals surface area contributed by atoms with Crippen LogP contribution in [0.25, 0.3) is 0 Å². The van der Waals surface area contributed by atoms with Crippen LogP contribution < -0.4 is 5.32 Å². The number of anilines is 1. The van der Waals surface area contributed by atoms with Gasteiger partial charge in [-0.3, -0.25) is 9.59 Å². The monoisotopic (exact) mass is 446 g/mol. The normalized spacial score (nSPS) is 14.8. The lowest BCUT2D eigenvalue weighted by atomic mass is 9.95. The Kier molecular flexibility index (Phi) is 6.43. The van der Waals surface area contributed by atoms with Gasteiger partial charge in [0.1, 0.15) is 11.6 Å². The van der Waals surface area contributed by atoms with E-state index in [-0.39, 0.29) is 45.5 Å². The molecule has 0 radical (unpaired) electrons. The highest BCUT2D eigenvalue weighted by atomic mass is 35.5. The Bertz CT molecular complexity index is 932. The molecular formula is C19H15Cl3F2N2O2. The lowest BCUT2D eigenvalue weighted by molar-refractivity contribution is -0.121. The summed E-state index contributed by atoms with van der Waals surface area (Å²) in [6, 6.07) is 5.75. The summed E-state index contributed by atoms with van der Waals surface area (Å²) in [5.74, 6) is -2.76. The molecule has 1 heterocycles. The third-order valence-electron chi connectivity index (χ3n) is 4.58. The van der Waals surface area contributed by atoms with E-state index in [9.17, 15) is 18.4 Å². The number of benzene rings is 2. The van der Waals surface area contributed by atoms with Gasteiger partial charge in [-0.1, -0.05) is 34.8 Å². The third-order valence-corrected chi connectivity index (χ3v) is 5.62. The zero-order valence-corrected chi connectivity index (χ0v) is 16.7. The van der Waals surface area contributed by atoms with Gasteiger partial charge in [0.05, 0.1) is 26.3 Å². The number of halogens is 5. The zero-order chi connectivity index (χ0) is 20.4. The highest BCUT2D eigenvalue weighted by Crippen LogP contribution is 2.33. The average molecular weight is 448 g/mol. The molecule has 0 aromatic heterocycles. The van der Waals surface area contributed by atoms with Crippen molar-refractivity contribution in [3.63, 3.8) is 0 Å². The molecule has 0 bridgehead atoms. The van der Waals surface area contributed by atoms with Crippen molar-refractivity contribution >= 4 is 52.3 Å². The molecule has 1 saturated heterocycles. The molecule has 28 heavy (non-hydrogen) atoms. The van der Waals surface area contributed by atoms with Crippen molar-refractivity contribution < 1.29 is 18.4 Å². The molecule has 0 aliphatic carbocycles. The van der Waals surface area contributed by atoms with Crippen LogP contribution in [-0.2, 0) is 4.79 Å². The lowest BCUT2D eigenvalue weighted by Gasteiger charge is -2.31. The summed E-state index contributed by atoms with van der Waals surface area (Å²) in [6.07, 6.45) is 0.804. The average Bonchev–Trinajstić information content (AvgIpc) is 2.65. The maximum atomic E-state index is 13.8.